The summed E-state index contributed by atoms with van der Waals surface area (Å²) >= 11 is 1.17. The first kappa shape index (κ1) is 22.5. The molecule has 2 N–H and O–H groups in total. The van der Waals surface area contributed by atoms with E-state index in [0.29, 0.717) is 5.69 Å². The molecule has 30 heavy (non-hydrogen) atoms. The summed E-state index contributed by atoms with van der Waals surface area (Å²) in [6, 6.07) is 10.4. The Morgan fingerprint density at radius 1 is 1.17 bits per heavy atom. The first-order chi connectivity index (χ1) is 14.3. The van der Waals surface area contributed by atoms with Crippen LogP contribution in [0.4, 0.5) is 5.69 Å². The van der Waals surface area contributed by atoms with Crippen LogP contribution in [0.2, 0.25) is 0 Å². The Labute approximate surface area is 183 Å². The van der Waals surface area contributed by atoms with Crippen LogP contribution in [-0.4, -0.2) is 44.9 Å². The number of likely N-dealkylation sites (tertiary alicyclic amines) is 1. The van der Waals surface area contributed by atoms with Gasteiger partial charge < -0.3 is 5.32 Å². The topological polar surface area (TPSA) is 78.5 Å². The predicted octanol–water partition coefficient (Wildman–Crippen LogP) is 3.64. The number of carbonyl (C=O) groups is 1. The van der Waals surface area contributed by atoms with Crippen molar-refractivity contribution in [2.24, 2.45) is 0 Å². The summed E-state index contributed by atoms with van der Waals surface area (Å²) < 4.78 is 27.4. The van der Waals surface area contributed by atoms with Gasteiger partial charge in [-0.25, -0.2) is 8.42 Å². The molecular weight excluding hydrogens is 418 g/mol. The zero-order valence-corrected chi connectivity index (χ0v) is 19.1. The lowest BCUT2D eigenvalue weighted by atomic mass is 10.0. The Balaban J connectivity index is 1.45. The molecule has 1 amide bonds. The number of benzene rings is 1. The first-order valence-corrected chi connectivity index (χ1v) is 12.5. The molecule has 162 valence electrons. The Morgan fingerprint density at radius 3 is 2.47 bits per heavy atom. The van der Waals surface area contributed by atoms with Crippen LogP contribution < -0.4 is 10.0 Å². The fraction of sp³-hybridized carbons (Fsp3) is 0.409. The van der Waals surface area contributed by atoms with Gasteiger partial charge in [0.15, 0.2) is 0 Å². The number of hydrogen-bond acceptors (Lipinski definition) is 5. The van der Waals surface area contributed by atoms with E-state index in [1.165, 1.54) is 16.9 Å². The summed E-state index contributed by atoms with van der Waals surface area (Å²) in [7, 11) is -3.56. The van der Waals surface area contributed by atoms with E-state index in [4.69, 9.17) is 0 Å². The fourth-order valence-electron chi connectivity index (χ4n) is 3.35. The monoisotopic (exact) mass is 447 g/mol. The quantitative estimate of drug-likeness (QED) is 0.606. The summed E-state index contributed by atoms with van der Waals surface area (Å²) in [5.74, 6) is 0.00432. The molecule has 1 saturated heterocycles. The lowest BCUT2D eigenvalue weighted by Crippen LogP contribution is -2.45. The Bertz CT molecular complexity index is 956. The maximum atomic E-state index is 12.4. The SMILES string of the molecule is CC(C)=CCN1CCC(NC(=O)Cc2ccc(NS(=O)(=O)c3cccs3)cc2)CC1. The van der Waals surface area contributed by atoms with E-state index in [1.54, 1.807) is 41.8 Å². The van der Waals surface area contributed by atoms with Crippen LogP contribution in [-0.2, 0) is 21.2 Å². The van der Waals surface area contributed by atoms with Gasteiger partial charge in [-0.1, -0.05) is 29.8 Å². The summed E-state index contributed by atoms with van der Waals surface area (Å²) in [5, 5.41) is 4.86. The third-order valence-corrected chi connectivity index (χ3v) is 7.82. The van der Waals surface area contributed by atoms with E-state index in [0.717, 1.165) is 38.0 Å². The van der Waals surface area contributed by atoms with Crippen molar-refractivity contribution in [3.05, 3.63) is 59.0 Å². The number of sulfonamides is 1. The molecule has 1 aliphatic rings. The Morgan fingerprint density at radius 2 is 1.87 bits per heavy atom. The van der Waals surface area contributed by atoms with Gasteiger partial charge in [0.05, 0.1) is 6.42 Å². The zero-order valence-electron chi connectivity index (χ0n) is 17.4. The molecule has 0 bridgehead atoms. The van der Waals surface area contributed by atoms with Crippen LogP contribution in [0.15, 0.2) is 57.6 Å². The van der Waals surface area contributed by atoms with E-state index in [-0.39, 0.29) is 22.6 Å². The van der Waals surface area contributed by atoms with Gasteiger partial charge in [-0.2, -0.15) is 0 Å². The highest BCUT2D eigenvalue weighted by molar-refractivity contribution is 7.94. The number of hydrogen-bond donors (Lipinski definition) is 2. The summed E-state index contributed by atoms with van der Waals surface area (Å²) in [5.41, 5.74) is 2.67. The van der Waals surface area contributed by atoms with Crippen molar-refractivity contribution in [1.82, 2.24) is 10.2 Å². The summed E-state index contributed by atoms with van der Waals surface area (Å²) in [6.07, 6.45) is 4.45. The molecular formula is C22H29N3O3S2. The van der Waals surface area contributed by atoms with E-state index >= 15 is 0 Å². The predicted molar refractivity (Wildman–Crippen MR) is 122 cm³/mol. The van der Waals surface area contributed by atoms with Crippen molar-refractivity contribution in [1.29, 1.82) is 0 Å². The molecule has 1 fully saturated rings. The molecule has 1 aromatic carbocycles. The average Bonchev–Trinajstić information content (AvgIpc) is 3.25. The van der Waals surface area contributed by atoms with E-state index in [2.05, 4.69) is 34.9 Å². The van der Waals surface area contributed by atoms with Crippen molar-refractivity contribution in [2.75, 3.05) is 24.4 Å². The van der Waals surface area contributed by atoms with E-state index < -0.39 is 10.0 Å². The van der Waals surface area contributed by atoms with Gasteiger partial charge in [0.25, 0.3) is 10.0 Å². The maximum Gasteiger partial charge on any atom is 0.271 e. The number of rotatable bonds is 8. The van der Waals surface area contributed by atoms with E-state index in [1.807, 2.05) is 0 Å². The number of nitrogens with zero attached hydrogens (tertiary/aromatic N) is 1. The van der Waals surface area contributed by atoms with Gasteiger partial charge in [0.1, 0.15) is 4.21 Å². The van der Waals surface area contributed by atoms with Gasteiger partial charge in [-0.05, 0) is 55.8 Å². The molecule has 0 aliphatic carbocycles. The number of nitrogens with one attached hydrogen (secondary N) is 2. The molecule has 6 nitrogen and oxygen atoms in total. The molecule has 0 saturated carbocycles. The third kappa shape index (κ3) is 6.68. The van der Waals surface area contributed by atoms with Crippen LogP contribution in [0.25, 0.3) is 0 Å². The number of amides is 1. The lowest BCUT2D eigenvalue weighted by molar-refractivity contribution is -0.121. The number of piperidine rings is 1. The Kier molecular flexibility index (Phi) is 7.69. The second kappa shape index (κ2) is 10.2. The minimum atomic E-state index is -3.56. The van der Waals surface area contributed by atoms with Crippen LogP contribution in [0.5, 0.6) is 0 Å². The summed E-state index contributed by atoms with van der Waals surface area (Å²) in [4.78, 5) is 14.8. The highest BCUT2D eigenvalue weighted by Crippen LogP contribution is 2.20. The molecule has 2 heterocycles. The highest BCUT2D eigenvalue weighted by Gasteiger charge is 2.20. The molecule has 1 aliphatic heterocycles. The molecule has 1 aromatic heterocycles. The first-order valence-electron chi connectivity index (χ1n) is 10.1. The average molecular weight is 448 g/mol. The van der Waals surface area contributed by atoms with Gasteiger partial charge in [-0.15, -0.1) is 11.3 Å². The number of thiophene rings is 1. The molecule has 2 aromatic rings. The van der Waals surface area contributed by atoms with Crippen LogP contribution >= 0.6 is 11.3 Å². The van der Waals surface area contributed by atoms with E-state index in [9.17, 15) is 13.2 Å². The molecule has 0 spiro atoms. The summed E-state index contributed by atoms with van der Waals surface area (Å²) in [6.45, 7) is 7.18. The number of allylic oxidation sites excluding steroid dienone is 1. The maximum absolute atomic E-state index is 12.4. The van der Waals surface area contributed by atoms with Crippen LogP contribution in [0, 0.1) is 0 Å². The van der Waals surface area contributed by atoms with Gasteiger partial charge in [0, 0.05) is 31.4 Å². The minimum Gasteiger partial charge on any atom is -0.353 e. The number of carbonyl (C=O) groups excluding carboxylic acids is 1. The second-order valence-corrected chi connectivity index (χ2v) is 10.7. The highest BCUT2D eigenvalue weighted by atomic mass is 32.2. The van der Waals surface area contributed by atoms with Gasteiger partial charge >= 0.3 is 0 Å². The van der Waals surface area contributed by atoms with Crippen molar-refractivity contribution in [3.8, 4) is 0 Å². The third-order valence-electron chi connectivity index (χ3n) is 5.04. The normalized spacial score (nSPS) is 15.5. The zero-order chi connectivity index (χ0) is 21.6. The van der Waals surface area contributed by atoms with Crippen LogP contribution in [0.3, 0.4) is 0 Å². The molecule has 0 unspecified atom stereocenters. The van der Waals surface area contributed by atoms with Crippen molar-refractivity contribution >= 4 is 33.0 Å². The van der Waals surface area contributed by atoms with Crippen molar-refractivity contribution in [3.63, 3.8) is 0 Å². The van der Waals surface area contributed by atoms with Crippen molar-refractivity contribution in [2.45, 2.75) is 43.4 Å². The van der Waals surface area contributed by atoms with Crippen LogP contribution in [0.1, 0.15) is 32.3 Å². The fourth-order valence-corrected chi connectivity index (χ4v) is 5.40. The molecule has 0 radical (unpaired) electrons. The van der Waals surface area contributed by atoms with Crippen molar-refractivity contribution < 1.29 is 13.2 Å². The minimum absolute atomic E-state index is 0.00432. The van der Waals surface area contributed by atoms with Gasteiger partial charge in [-0.3, -0.25) is 14.4 Å². The number of anilines is 1. The lowest BCUT2D eigenvalue weighted by Gasteiger charge is -2.31. The van der Waals surface area contributed by atoms with Gasteiger partial charge in [0.2, 0.25) is 5.91 Å². The molecule has 8 heteroatoms. The second-order valence-electron chi connectivity index (χ2n) is 7.84. The smallest absolute Gasteiger partial charge is 0.271 e. The standard InChI is InChI=1S/C22H29N3O3S2/c1-17(2)9-12-25-13-10-19(11-14-25)23-21(26)16-18-5-7-20(8-6-18)24-30(27,28)22-4-3-15-29-22/h3-9,15,19,24H,10-14,16H2,1-2H3,(H,23,26). The molecule has 3 rings (SSSR count). The largest absolute Gasteiger partial charge is 0.353 e. The molecule has 0 atom stereocenters. The Hall–Kier alpha value is -2.16.